The molecule has 0 N–H and O–H groups in total. The van der Waals surface area contributed by atoms with Crippen LogP contribution in [0.1, 0.15) is 5.56 Å². The minimum Gasteiger partial charge on any atom is -0.307 e. The van der Waals surface area contributed by atoms with E-state index in [1.54, 1.807) is 12.1 Å². The SMILES string of the molecule is O=C(CCl)N(Cc1ccc(F)cc1)c1ccc(F)cc1. The highest BCUT2D eigenvalue weighted by Gasteiger charge is 2.15. The van der Waals surface area contributed by atoms with Crippen LogP contribution in [-0.4, -0.2) is 11.8 Å². The van der Waals surface area contributed by atoms with E-state index in [0.717, 1.165) is 5.56 Å². The molecule has 0 saturated heterocycles. The third kappa shape index (κ3) is 3.54. The second kappa shape index (κ2) is 6.48. The average molecular weight is 296 g/mol. The first-order valence-electron chi connectivity index (χ1n) is 5.96. The van der Waals surface area contributed by atoms with Crippen molar-refractivity contribution >= 4 is 23.2 Å². The molecule has 0 aliphatic rings. The third-order valence-electron chi connectivity index (χ3n) is 2.81. The summed E-state index contributed by atoms with van der Waals surface area (Å²) in [5, 5.41) is 0. The van der Waals surface area contributed by atoms with Crippen LogP contribution in [0.3, 0.4) is 0 Å². The number of alkyl halides is 1. The van der Waals surface area contributed by atoms with E-state index < -0.39 is 0 Å². The van der Waals surface area contributed by atoms with E-state index in [9.17, 15) is 13.6 Å². The summed E-state index contributed by atoms with van der Waals surface area (Å²) < 4.78 is 25.8. The van der Waals surface area contributed by atoms with Gasteiger partial charge in [0.15, 0.2) is 0 Å². The van der Waals surface area contributed by atoms with E-state index in [0.29, 0.717) is 5.69 Å². The van der Waals surface area contributed by atoms with Crippen molar-refractivity contribution in [2.75, 3.05) is 10.8 Å². The number of amides is 1. The molecule has 0 aliphatic heterocycles. The van der Waals surface area contributed by atoms with Crippen LogP contribution >= 0.6 is 11.6 Å². The fourth-order valence-corrected chi connectivity index (χ4v) is 1.93. The van der Waals surface area contributed by atoms with Gasteiger partial charge in [0, 0.05) is 5.69 Å². The summed E-state index contributed by atoms with van der Waals surface area (Å²) in [7, 11) is 0. The van der Waals surface area contributed by atoms with Crippen LogP contribution in [0, 0.1) is 11.6 Å². The number of hydrogen-bond acceptors (Lipinski definition) is 1. The first-order chi connectivity index (χ1) is 9.60. The molecular formula is C15H12ClF2NO. The fraction of sp³-hybridized carbons (Fsp3) is 0.133. The number of benzene rings is 2. The molecule has 0 saturated carbocycles. The molecule has 2 aromatic carbocycles. The van der Waals surface area contributed by atoms with Gasteiger partial charge in [0.05, 0.1) is 6.54 Å². The second-order valence-corrected chi connectivity index (χ2v) is 4.48. The largest absolute Gasteiger partial charge is 0.307 e. The van der Waals surface area contributed by atoms with Gasteiger partial charge in [0.2, 0.25) is 5.91 Å². The number of carbonyl (C=O) groups is 1. The number of halogens is 3. The van der Waals surface area contributed by atoms with Crippen molar-refractivity contribution in [2.45, 2.75) is 6.54 Å². The van der Waals surface area contributed by atoms with Crippen LogP contribution in [0.4, 0.5) is 14.5 Å². The Morgan fingerprint density at radius 1 is 0.950 bits per heavy atom. The van der Waals surface area contributed by atoms with Crippen molar-refractivity contribution < 1.29 is 13.6 Å². The summed E-state index contributed by atoms with van der Waals surface area (Å²) in [5.74, 6) is -1.21. The van der Waals surface area contributed by atoms with Gasteiger partial charge < -0.3 is 4.90 Å². The molecule has 0 radical (unpaired) electrons. The maximum atomic E-state index is 12.9. The van der Waals surface area contributed by atoms with Gasteiger partial charge in [-0.15, -0.1) is 11.6 Å². The van der Waals surface area contributed by atoms with Gasteiger partial charge in [0.25, 0.3) is 0 Å². The minimum atomic E-state index is -0.381. The summed E-state index contributed by atoms with van der Waals surface area (Å²) >= 11 is 5.59. The van der Waals surface area contributed by atoms with Gasteiger partial charge in [-0.3, -0.25) is 4.79 Å². The normalized spacial score (nSPS) is 10.3. The van der Waals surface area contributed by atoms with Crippen LogP contribution in [0.2, 0.25) is 0 Å². The smallest absolute Gasteiger partial charge is 0.242 e. The lowest BCUT2D eigenvalue weighted by Gasteiger charge is -2.22. The summed E-state index contributed by atoms with van der Waals surface area (Å²) in [5.41, 5.74) is 1.30. The standard InChI is InChI=1S/C15H12ClF2NO/c16-9-15(20)19(14-7-5-13(18)6-8-14)10-11-1-3-12(17)4-2-11/h1-8H,9-10H2. The van der Waals surface area contributed by atoms with E-state index in [4.69, 9.17) is 11.6 Å². The van der Waals surface area contributed by atoms with Crippen molar-refractivity contribution in [1.82, 2.24) is 0 Å². The highest BCUT2D eigenvalue weighted by molar-refractivity contribution is 6.29. The molecule has 2 nitrogen and oxygen atoms in total. The Kier molecular flexibility index (Phi) is 4.69. The summed E-state index contributed by atoms with van der Waals surface area (Å²) in [6.07, 6.45) is 0. The molecule has 0 atom stereocenters. The molecule has 2 rings (SSSR count). The zero-order valence-electron chi connectivity index (χ0n) is 10.5. The molecule has 2 aromatic rings. The highest BCUT2D eigenvalue weighted by atomic mass is 35.5. The molecule has 104 valence electrons. The Morgan fingerprint density at radius 2 is 1.45 bits per heavy atom. The maximum Gasteiger partial charge on any atom is 0.242 e. The van der Waals surface area contributed by atoms with Gasteiger partial charge in [0.1, 0.15) is 17.5 Å². The van der Waals surface area contributed by atoms with Crippen molar-refractivity contribution in [1.29, 1.82) is 0 Å². The minimum absolute atomic E-state index is 0.182. The van der Waals surface area contributed by atoms with Crippen molar-refractivity contribution in [3.05, 3.63) is 65.7 Å². The summed E-state index contributed by atoms with van der Waals surface area (Å²) in [6, 6.07) is 11.4. The van der Waals surface area contributed by atoms with Gasteiger partial charge in [-0.1, -0.05) is 12.1 Å². The maximum absolute atomic E-state index is 12.9. The van der Waals surface area contributed by atoms with Crippen LogP contribution in [0.15, 0.2) is 48.5 Å². The predicted molar refractivity (Wildman–Crippen MR) is 74.7 cm³/mol. The molecule has 0 spiro atoms. The Balaban J connectivity index is 2.26. The molecule has 20 heavy (non-hydrogen) atoms. The van der Waals surface area contributed by atoms with Crippen LogP contribution in [-0.2, 0) is 11.3 Å². The Hall–Kier alpha value is -1.94. The lowest BCUT2D eigenvalue weighted by molar-refractivity contribution is -0.116. The number of carbonyl (C=O) groups excluding carboxylic acids is 1. The topological polar surface area (TPSA) is 20.3 Å². The lowest BCUT2D eigenvalue weighted by atomic mass is 10.2. The third-order valence-corrected chi connectivity index (χ3v) is 3.04. The van der Waals surface area contributed by atoms with E-state index in [1.165, 1.54) is 41.3 Å². The predicted octanol–water partition coefficient (Wildman–Crippen LogP) is 3.74. The molecule has 0 unspecified atom stereocenters. The molecule has 0 heterocycles. The van der Waals surface area contributed by atoms with E-state index in [1.807, 2.05) is 0 Å². The number of hydrogen-bond donors (Lipinski definition) is 0. The fourth-order valence-electron chi connectivity index (χ4n) is 1.79. The van der Waals surface area contributed by atoms with Crippen LogP contribution in [0.25, 0.3) is 0 Å². The van der Waals surface area contributed by atoms with E-state index in [-0.39, 0.29) is 30.0 Å². The monoisotopic (exact) mass is 295 g/mol. The van der Waals surface area contributed by atoms with Crippen molar-refractivity contribution in [2.24, 2.45) is 0 Å². The average Bonchev–Trinajstić information content (AvgIpc) is 2.47. The molecule has 0 aromatic heterocycles. The first-order valence-corrected chi connectivity index (χ1v) is 6.50. The van der Waals surface area contributed by atoms with Crippen LogP contribution in [0.5, 0.6) is 0 Å². The molecule has 0 bridgehead atoms. The Labute approximate surface area is 120 Å². The Morgan fingerprint density at radius 3 is 1.95 bits per heavy atom. The molecule has 0 fully saturated rings. The molecular weight excluding hydrogens is 284 g/mol. The van der Waals surface area contributed by atoms with Gasteiger partial charge >= 0.3 is 0 Å². The van der Waals surface area contributed by atoms with Crippen molar-refractivity contribution in [3.63, 3.8) is 0 Å². The lowest BCUT2D eigenvalue weighted by Crippen LogP contribution is -2.31. The number of nitrogens with zero attached hydrogens (tertiary/aromatic N) is 1. The zero-order valence-corrected chi connectivity index (χ0v) is 11.3. The molecule has 0 aliphatic carbocycles. The zero-order chi connectivity index (χ0) is 14.5. The Bertz CT molecular complexity index is 584. The number of rotatable bonds is 4. The molecule has 1 amide bonds. The van der Waals surface area contributed by atoms with Crippen LogP contribution < -0.4 is 4.90 Å². The van der Waals surface area contributed by atoms with Crippen molar-refractivity contribution in [3.8, 4) is 0 Å². The summed E-state index contributed by atoms with van der Waals surface area (Å²) in [6.45, 7) is 0.247. The van der Waals surface area contributed by atoms with Gasteiger partial charge in [-0.2, -0.15) is 0 Å². The van der Waals surface area contributed by atoms with Gasteiger partial charge in [-0.05, 0) is 42.0 Å². The first kappa shape index (κ1) is 14.5. The van der Waals surface area contributed by atoms with E-state index >= 15 is 0 Å². The number of anilines is 1. The molecule has 5 heteroatoms. The summed E-state index contributed by atoms with van der Waals surface area (Å²) in [4.78, 5) is 13.3. The van der Waals surface area contributed by atoms with E-state index in [2.05, 4.69) is 0 Å². The second-order valence-electron chi connectivity index (χ2n) is 4.22. The quantitative estimate of drug-likeness (QED) is 0.787. The van der Waals surface area contributed by atoms with Gasteiger partial charge in [-0.25, -0.2) is 8.78 Å². The highest BCUT2D eigenvalue weighted by Crippen LogP contribution is 2.19.